The Morgan fingerprint density at radius 3 is 2.62 bits per heavy atom. The van der Waals surface area contributed by atoms with Crippen LogP contribution < -0.4 is 5.73 Å². The molecule has 2 N–H and O–H groups in total. The number of nitrogens with zero attached hydrogens (tertiary/aromatic N) is 1. The van der Waals surface area contributed by atoms with E-state index in [4.69, 9.17) is 17.3 Å². The lowest BCUT2D eigenvalue weighted by Crippen LogP contribution is -2.34. The summed E-state index contributed by atoms with van der Waals surface area (Å²) >= 11 is 9.59. The molecule has 0 saturated heterocycles. The van der Waals surface area contributed by atoms with Crippen molar-refractivity contribution in [1.82, 2.24) is 4.90 Å². The average molecular weight is 306 g/mol. The van der Waals surface area contributed by atoms with E-state index in [1.54, 1.807) is 0 Å². The smallest absolute Gasteiger partial charge is 0.0462 e. The molecule has 2 nitrogen and oxygen atoms in total. The van der Waals surface area contributed by atoms with E-state index in [1.165, 1.54) is 0 Å². The fourth-order valence-corrected chi connectivity index (χ4v) is 2.29. The van der Waals surface area contributed by atoms with Gasteiger partial charge in [0.05, 0.1) is 0 Å². The number of nitrogens with two attached hydrogens (primary N) is 1. The van der Waals surface area contributed by atoms with E-state index in [9.17, 15) is 0 Å². The molecule has 1 aromatic rings. The van der Waals surface area contributed by atoms with Gasteiger partial charge >= 0.3 is 0 Å². The summed E-state index contributed by atoms with van der Waals surface area (Å²) in [5.74, 6) is 0. The summed E-state index contributed by atoms with van der Waals surface area (Å²) in [6.07, 6.45) is 0. The van der Waals surface area contributed by atoms with Gasteiger partial charge in [0, 0.05) is 35.2 Å². The third-order valence-electron chi connectivity index (χ3n) is 2.54. The van der Waals surface area contributed by atoms with Gasteiger partial charge in [-0.1, -0.05) is 33.6 Å². The van der Waals surface area contributed by atoms with Gasteiger partial charge in [-0.3, -0.25) is 4.90 Å². The van der Waals surface area contributed by atoms with Crippen LogP contribution in [0.25, 0.3) is 0 Å². The number of halogens is 2. The van der Waals surface area contributed by atoms with Crippen molar-refractivity contribution in [1.29, 1.82) is 0 Å². The fourth-order valence-electron chi connectivity index (χ4n) is 1.55. The molecule has 0 fully saturated rings. The Hall–Kier alpha value is -0.0900. The van der Waals surface area contributed by atoms with E-state index < -0.39 is 0 Å². The molecule has 4 heteroatoms. The third-order valence-corrected chi connectivity index (χ3v) is 3.38. The molecule has 90 valence electrons. The lowest BCUT2D eigenvalue weighted by Gasteiger charge is -2.26. The van der Waals surface area contributed by atoms with Crippen molar-refractivity contribution in [2.75, 3.05) is 13.1 Å². The Bertz CT molecular complexity index is 342. The second kappa shape index (κ2) is 6.60. The van der Waals surface area contributed by atoms with Crippen molar-refractivity contribution in [3.63, 3.8) is 0 Å². The topological polar surface area (TPSA) is 29.3 Å². The second-order valence-corrected chi connectivity index (χ2v) is 5.41. The summed E-state index contributed by atoms with van der Waals surface area (Å²) in [7, 11) is 0. The number of hydrogen-bond donors (Lipinski definition) is 1. The van der Waals surface area contributed by atoms with E-state index >= 15 is 0 Å². The quantitative estimate of drug-likeness (QED) is 0.904. The minimum atomic E-state index is 0.475. The normalized spacial score (nSPS) is 11.4. The molecule has 0 aliphatic heterocycles. The summed E-state index contributed by atoms with van der Waals surface area (Å²) in [5.41, 5.74) is 6.75. The first-order chi connectivity index (χ1) is 7.54. The summed E-state index contributed by atoms with van der Waals surface area (Å²) in [6.45, 7) is 6.75. The van der Waals surface area contributed by atoms with Gasteiger partial charge in [0.25, 0.3) is 0 Å². The number of benzene rings is 1. The Morgan fingerprint density at radius 2 is 2.12 bits per heavy atom. The minimum Gasteiger partial charge on any atom is -0.329 e. The lowest BCUT2D eigenvalue weighted by atomic mass is 10.2. The Kier molecular flexibility index (Phi) is 5.76. The van der Waals surface area contributed by atoms with Crippen LogP contribution >= 0.6 is 27.5 Å². The van der Waals surface area contributed by atoms with Crippen LogP contribution in [0.2, 0.25) is 5.02 Å². The number of rotatable bonds is 5. The molecular formula is C12H18BrClN2. The first-order valence-electron chi connectivity index (χ1n) is 5.42. The Morgan fingerprint density at radius 1 is 1.44 bits per heavy atom. The zero-order valence-electron chi connectivity index (χ0n) is 9.71. The molecule has 0 atom stereocenters. The van der Waals surface area contributed by atoms with Crippen LogP contribution in [0.5, 0.6) is 0 Å². The summed E-state index contributed by atoms with van der Waals surface area (Å²) < 4.78 is 1.01. The van der Waals surface area contributed by atoms with Crippen LogP contribution in [0.1, 0.15) is 19.4 Å². The standard InChI is InChI=1S/C12H18BrClN2/c1-9(2)16(6-5-15)8-10-3-4-11(13)7-12(10)14/h3-4,7,9H,5-6,8,15H2,1-2H3. The second-order valence-electron chi connectivity index (χ2n) is 4.09. The fraction of sp³-hybridized carbons (Fsp3) is 0.500. The summed E-state index contributed by atoms with van der Waals surface area (Å²) in [6, 6.07) is 6.47. The van der Waals surface area contributed by atoms with Crippen molar-refractivity contribution < 1.29 is 0 Å². The molecule has 0 aliphatic rings. The van der Waals surface area contributed by atoms with E-state index in [2.05, 4.69) is 40.7 Å². The molecular weight excluding hydrogens is 288 g/mol. The van der Waals surface area contributed by atoms with Gasteiger partial charge in [-0.25, -0.2) is 0 Å². The highest BCUT2D eigenvalue weighted by atomic mass is 79.9. The van der Waals surface area contributed by atoms with E-state index in [-0.39, 0.29) is 0 Å². The molecule has 0 spiro atoms. The van der Waals surface area contributed by atoms with Crippen molar-refractivity contribution in [2.24, 2.45) is 5.73 Å². The Balaban J connectivity index is 2.77. The minimum absolute atomic E-state index is 0.475. The molecule has 1 rings (SSSR count). The maximum Gasteiger partial charge on any atom is 0.0462 e. The van der Waals surface area contributed by atoms with E-state index in [0.717, 1.165) is 28.1 Å². The highest BCUT2D eigenvalue weighted by molar-refractivity contribution is 9.10. The largest absolute Gasteiger partial charge is 0.329 e. The average Bonchev–Trinajstić information content (AvgIpc) is 2.20. The van der Waals surface area contributed by atoms with Gasteiger partial charge < -0.3 is 5.73 Å². The van der Waals surface area contributed by atoms with Crippen LogP contribution in [-0.2, 0) is 6.54 Å². The van der Waals surface area contributed by atoms with Crippen LogP contribution in [0.3, 0.4) is 0 Å². The SMILES string of the molecule is CC(C)N(CCN)Cc1ccc(Br)cc1Cl. The summed E-state index contributed by atoms with van der Waals surface area (Å²) in [4.78, 5) is 2.31. The molecule has 16 heavy (non-hydrogen) atoms. The monoisotopic (exact) mass is 304 g/mol. The van der Waals surface area contributed by atoms with Crippen molar-refractivity contribution in [3.8, 4) is 0 Å². The molecule has 1 aromatic carbocycles. The summed E-state index contributed by atoms with van der Waals surface area (Å²) in [5, 5.41) is 0.803. The number of hydrogen-bond acceptors (Lipinski definition) is 2. The van der Waals surface area contributed by atoms with Crippen LogP contribution in [0.4, 0.5) is 0 Å². The molecule has 0 aromatic heterocycles. The predicted octanol–water partition coefficient (Wildman–Crippen LogP) is 3.27. The first kappa shape index (κ1) is 14.0. The van der Waals surface area contributed by atoms with Gasteiger partial charge in [0.2, 0.25) is 0 Å². The van der Waals surface area contributed by atoms with E-state index in [0.29, 0.717) is 12.6 Å². The van der Waals surface area contributed by atoms with Crippen LogP contribution in [0, 0.1) is 0 Å². The molecule has 0 bridgehead atoms. The third kappa shape index (κ3) is 4.06. The van der Waals surface area contributed by atoms with Crippen molar-refractivity contribution >= 4 is 27.5 Å². The molecule has 0 amide bonds. The molecule has 0 saturated carbocycles. The zero-order valence-corrected chi connectivity index (χ0v) is 12.1. The van der Waals surface area contributed by atoms with Crippen LogP contribution in [0.15, 0.2) is 22.7 Å². The van der Waals surface area contributed by atoms with Gasteiger partial charge in [-0.05, 0) is 31.5 Å². The van der Waals surface area contributed by atoms with E-state index in [1.807, 2.05) is 12.1 Å². The molecule has 0 radical (unpaired) electrons. The highest BCUT2D eigenvalue weighted by Gasteiger charge is 2.11. The van der Waals surface area contributed by atoms with Gasteiger partial charge in [-0.15, -0.1) is 0 Å². The van der Waals surface area contributed by atoms with Gasteiger partial charge in [-0.2, -0.15) is 0 Å². The predicted molar refractivity (Wildman–Crippen MR) is 73.8 cm³/mol. The van der Waals surface area contributed by atoms with Gasteiger partial charge in [0.15, 0.2) is 0 Å². The van der Waals surface area contributed by atoms with Crippen molar-refractivity contribution in [3.05, 3.63) is 33.3 Å². The Labute approximate surface area is 111 Å². The first-order valence-corrected chi connectivity index (χ1v) is 6.59. The maximum atomic E-state index is 6.19. The molecule has 0 heterocycles. The lowest BCUT2D eigenvalue weighted by molar-refractivity contribution is 0.219. The maximum absolute atomic E-state index is 6.19. The van der Waals surface area contributed by atoms with Gasteiger partial charge in [0.1, 0.15) is 0 Å². The zero-order chi connectivity index (χ0) is 12.1. The van der Waals surface area contributed by atoms with Crippen LogP contribution in [-0.4, -0.2) is 24.0 Å². The highest BCUT2D eigenvalue weighted by Crippen LogP contribution is 2.23. The molecule has 0 unspecified atom stereocenters. The van der Waals surface area contributed by atoms with Crippen molar-refractivity contribution in [2.45, 2.75) is 26.4 Å². The molecule has 0 aliphatic carbocycles.